The van der Waals surface area contributed by atoms with Crippen LogP contribution in [0.5, 0.6) is 5.75 Å². The first-order valence-corrected chi connectivity index (χ1v) is 9.06. The molecule has 0 saturated heterocycles. The van der Waals surface area contributed by atoms with Gasteiger partial charge in [0.1, 0.15) is 11.4 Å². The molecule has 1 aliphatic rings. The molecule has 0 aromatic heterocycles. The molecule has 0 radical (unpaired) electrons. The Hall–Kier alpha value is -2.65. The number of primary sulfonamides is 1. The highest BCUT2D eigenvalue weighted by atomic mass is 32.2. The van der Waals surface area contributed by atoms with E-state index in [1.807, 2.05) is 23.1 Å². The van der Waals surface area contributed by atoms with Gasteiger partial charge < -0.3 is 9.64 Å². The molecule has 0 aliphatic carbocycles. The van der Waals surface area contributed by atoms with Crippen LogP contribution in [-0.2, 0) is 23.0 Å². The van der Waals surface area contributed by atoms with Gasteiger partial charge in [0.25, 0.3) is 5.69 Å². The van der Waals surface area contributed by atoms with E-state index in [1.54, 1.807) is 7.11 Å². The highest BCUT2D eigenvalue weighted by Gasteiger charge is 2.25. The lowest BCUT2D eigenvalue weighted by Crippen LogP contribution is -2.31. The van der Waals surface area contributed by atoms with Gasteiger partial charge in [0.15, 0.2) is 0 Å². The summed E-state index contributed by atoms with van der Waals surface area (Å²) in [6, 6.07) is 9.52. The molecule has 0 bridgehead atoms. The molecular weight excluding hydrogens is 346 g/mol. The summed E-state index contributed by atoms with van der Waals surface area (Å²) in [5.41, 5.74) is 2.28. The van der Waals surface area contributed by atoms with Crippen molar-refractivity contribution in [2.45, 2.75) is 17.9 Å². The Morgan fingerprint density at radius 3 is 2.60 bits per heavy atom. The van der Waals surface area contributed by atoms with Crippen molar-refractivity contribution in [3.05, 3.63) is 57.6 Å². The average Bonchev–Trinajstić information content (AvgIpc) is 2.59. The van der Waals surface area contributed by atoms with Gasteiger partial charge in [-0.3, -0.25) is 10.1 Å². The zero-order valence-corrected chi connectivity index (χ0v) is 14.3. The van der Waals surface area contributed by atoms with Crippen LogP contribution >= 0.6 is 0 Å². The molecule has 0 unspecified atom stereocenters. The third-order valence-corrected chi connectivity index (χ3v) is 5.15. The number of sulfonamides is 1. The van der Waals surface area contributed by atoms with Gasteiger partial charge in [-0.1, -0.05) is 6.07 Å². The molecule has 8 nitrogen and oxygen atoms in total. The average molecular weight is 363 g/mol. The first kappa shape index (κ1) is 17.2. The van der Waals surface area contributed by atoms with Gasteiger partial charge in [-0.05, 0) is 41.8 Å². The van der Waals surface area contributed by atoms with E-state index in [0.717, 1.165) is 23.8 Å². The van der Waals surface area contributed by atoms with Gasteiger partial charge in [-0.15, -0.1) is 0 Å². The Kier molecular flexibility index (Phi) is 4.36. The second-order valence-electron chi connectivity index (χ2n) is 5.76. The van der Waals surface area contributed by atoms with Crippen LogP contribution in [0.3, 0.4) is 0 Å². The van der Waals surface area contributed by atoms with E-state index in [-0.39, 0.29) is 10.6 Å². The second-order valence-corrected chi connectivity index (χ2v) is 7.32. The number of fused-ring (bicyclic) bond motifs is 1. The SMILES string of the molecule is COc1ccc2c(c1)CN(c1ccc(S(N)(=O)=O)cc1[N+](=O)[O-])CC2. The van der Waals surface area contributed by atoms with E-state index in [0.29, 0.717) is 18.8 Å². The number of benzene rings is 2. The molecule has 2 N–H and O–H groups in total. The van der Waals surface area contributed by atoms with Gasteiger partial charge in [0.2, 0.25) is 10.0 Å². The minimum atomic E-state index is -4.00. The highest BCUT2D eigenvalue weighted by molar-refractivity contribution is 7.89. The van der Waals surface area contributed by atoms with Crippen molar-refractivity contribution in [1.82, 2.24) is 0 Å². The maximum absolute atomic E-state index is 11.5. The van der Waals surface area contributed by atoms with Crippen molar-refractivity contribution >= 4 is 21.4 Å². The van der Waals surface area contributed by atoms with Crippen LogP contribution in [0, 0.1) is 10.1 Å². The monoisotopic (exact) mass is 363 g/mol. The smallest absolute Gasteiger partial charge is 0.293 e. The molecule has 132 valence electrons. The van der Waals surface area contributed by atoms with Crippen molar-refractivity contribution in [2.75, 3.05) is 18.6 Å². The van der Waals surface area contributed by atoms with E-state index in [9.17, 15) is 18.5 Å². The minimum Gasteiger partial charge on any atom is -0.497 e. The van der Waals surface area contributed by atoms with Crippen LogP contribution in [0.2, 0.25) is 0 Å². The van der Waals surface area contributed by atoms with Crippen LogP contribution in [0.1, 0.15) is 11.1 Å². The summed E-state index contributed by atoms with van der Waals surface area (Å²) in [6.07, 6.45) is 0.730. The van der Waals surface area contributed by atoms with E-state index in [2.05, 4.69) is 0 Å². The third-order valence-electron chi connectivity index (χ3n) is 4.24. The second kappa shape index (κ2) is 6.34. The van der Waals surface area contributed by atoms with Crippen molar-refractivity contribution in [1.29, 1.82) is 0 Å². The third kappa shape index (κ3) is 3.42. The topological polar surface area (TPSA) is 116 Å². The molecule has 25 heavy (non-hydrogen) atoms. The Balaban J connectivity index is 2.00. The number of nitrogens with zero attached hydrogens (tertiary/aromatic N) is 2. The van der Waals surface area contributed by atoms with E-state index < -0.39 is 14.9 Å². The molecule has 0 fully saturated rings. The highest BCUT2D eigenvalue weighted by Crippen LogP contribution is 2.34. The first-order valence-electron chi connectivity index (χ1n) is 7.51. The van der Waals surface area contributed by atoms with E-state index in [4.69, 9.17) is 9.88 Å². The lowest BCUT2D eigenvalue weighted by Gasteiger charge is -2.30. The largest absolute Gasteiger partial charge is 0.497 e. The first-order chi connectivity index (χ1) is 11.8. The Bertz CT molecular complexity index is 943. The Morgan fingerprint density at radius 2 is 1.96 bits per heavy atom. The van der Waals surface area contributed by atoms with E-state index >= 15 is 0 Å². The molecule has 9 heteroatoms. The molecule has 2 aromatic carbocycles. The number of methoxy groups -OCH3 is 1. The summed E-state index contributed by atoms with van der Waals surface area (Å²) in [5, 5.41) is 16.5. The zero-order chi connectivity index (χ0) is 18.2. The van der Waals surface area contributed by atoms with Crippen LogP contribution in [0.15, 0.2) is 41.3 Å². The number of nitro benzene ring substituents is 1. The summed E-state index contributed by atoms with van der Waals surface area (Å²) in [6.45, 7) is 1.07. The maximum Gasteiger partial charge on any atom is 0.293 e. The lowest BCUT2D eigenvalue weighted by atomic mass is 9.99. The lowest BCUT2D eigenvalue weighted by molar-refractivity contribution is -0.384. The predicted molar refractivity (Wildman–Crippen MR) is 92.2 cm³/mol. The fourth-order valence-electron chi connectivity index (χ4n) is 2.96. The quantitative estimate of drug-likeness (QED) is 0.654. The van der Waals surface area contributed by atoms with Crippen molar-refractivity contribution < 1.29 is 18.1 Å². The number of nitrogens with two attached hydrogens (primary N) is 1. The minimum absolute atomic E-state index is 0.276. The molecule has 0 atom stereocenters. The number of anilines is 1. The number of hydrogen-bond acceptors (Lipinski definition) is 6. The molecule has 2 aromatic rings. The summed E-state index contributed by atoms with van der Waals surface area (Å²) < 4.78 is 28.1. The van der Waals surface area contributed by atoms with Gasteiger partial charge in [0, 0.05) is 19.2 Å². The fraction of sp³-hybridized carbons (Fsp3) is 0.250. The van der Waals surface area contributed by atoms with Crippen LogP contribution in [0.4, 0.5) is 11.4 Å². The Morgan fingerprint density at radius 1 is 1.20 bits per heavy atom. The normalized spacial score (nSPS) is 14.1. The molecule has 0 saturated carbocycles. The molecule has 1 aliphatic heterocycles. The van der Waals surface area contributed by atoms with Gasteiger partial charge in [0.05, 0.1) is 16.9 Å². The van der Waals surface area contributed by atoms with Crippen LogP contribution in [0.25, 0.3) is 0 Å². The summed E-state index contributed by atoms with van der Waals surface area (Å²) in [7, 11) is -2.42. The molecule has 1 heterocycles. The number of ether oxygens (including phenoxy) is 1. The molecule has 0 amide bonds. The molecular formula is C16H17N3O5S. The summed E-state index contributed by atoms with van der Waals surface area (Å²) in [5.74, 6) is 0.722. The van der Waals surface area contributed by atoms with Gasteiger partial charge >= 0.3 is 0 Å². The Labute approximate surface area is 145 Å². The molecule has 3 rings (SSSR count). The zero-order valence-electron chi connectivity index (χ0n) is 13.5. The van der Waals surface area contributed by atoms with Crippen molar-refractivity contribution in [2.24, 2.45) is 5.14 Å². The summed E-state index contributed by atoms with van der Waals surface area (Å²) in [4.78, 5) is 12.4. The van der Waals surface area contributed by atoms with Crippen molar-refractivity contribution in [3.8, 4) is 5.75 Å². The summed E-state index contributed by atoms with van der Waals surface area (Å²) >= 11 is 0. The predicted octanol–water partition coefficient (Wildman–Crippen LogP) is 1.81. The number of rotatable bonds is 4. The van der Waals surface area contributed by atoms with Gasteiger partial charge in [-0.2, -0.15) is 0 Å². The fourth-order valence-corrected chi connectivity index (χ4v) is 3.49. The molecule has 0 spiro atoms. The number of nitro groups is 1. The standard InChI is InChI=1S/C16H17N3O5S/c1-24-13-3-2-11-6-7-18(10-12(11)8-13)15-5-4-14(25(17,22)23)9-16(15)19(20)21/h2-5,8-9H,6-7,10H2,1H3,(H2,17,22,23). The van der Waals surface area contributed by atoms with Crippen molar-refractivity contribution in [3.63, 3.8) is 0 Å². The van der Waals surface area contributed by atoms with E-state index in [1.165, 1.54) is 17.7 Å². The maximum atomic E-state index is 11.5. The van der Waals surface area contributed by atoms with Gasteiger partial charge in [-0.25, -0.2) is 13.6 Å². The number of hydrogen-bond donors (Lipinski definition) is 1. The van der Waals surface area contributed by atoms with Crippen LogP contribution < -0.4 is 14.8 Å². The van der Waals surface area contributed by atoms with Crippen LogP contribution in [-0.4, -0.2) is 27.0 Å².